The summed E-state index contributed by atoms with van der Waals surface area (Å²) in [5.74, 6) is -1.52. The largest absolute Gasteiger partial charge is 0.481 e. The summed E-state index contributed by atoms with van der Waals surface area (Å²) in [6.07, 6.45) is 45.4. The minimum atomic E-state index is -0.782. The van der Waals surface area contributed by atoms with Crippen molar-refractivity contribution in [3.8, 4) is 0 Å². The molecule has 0 aromatic carbocycles. The Bertz CT molecular complexity index is 719. The van der Waals surface area contributed by atoms with Gasteiger partial charge in [0.25, 0.3) is 0 Å². The predicted molar refractivity (Wildman–Crippen MR) is 222 cm³/mol. The summed E-state index contributed by atoms with van der Waals surface area (Å²) in [5.41, 5.74) is 0. The Kier molecular flexibility index (Phi) is 34.8. The molecule has 0 aliphatic heterocycles. The van der Waals surface area contributed by atoms with Gasteiger partial charge < -0.3 is 10.2 Å². The SMILES string of the molecule is CCCCCCCCCCCCCCCCCCC(CCCCCCCCCCCCCCCCCC)(CC(=O)O)SC(C)(CC)CC(=O)O. The maximum Gasteiger partial charge on any atom is 0.304 e. The zero-order chi connectivity index (χ0) is 37.0. The highest BCUT2D eigenvalue weighted by molar-refractivity contribution is 8.02. The van der Waals surface area contributed by atoms with Crippen LogP contribution in [-0.2, 0) is 9.59 Å². The van der Waals surface area contributed by atoms with Gasteiger partial charge in [-0.15, -0.1) is 11.8 Å². The van der Waals surface area contributed by atoms with Crippen LogP contribution in [0.4, 0.5) is 0 Å². The molecule has 0 saturated heterocycles. The van der Waals surface area contributed by atoms with Crippen LogP contribution in [0.5, 0.6) is 0 Å². The smallest absolute Gasteiger partial charge is 0.304 e. The molecular weight excluding hydrogens is 637 g/mol. The van der Waals surface area contributed by atoms with Crippen molar-refractivity contribution in [2.75, 3.05) is 0 Å². The number of carboxylic acids is 2. The Morgan fingerprint density at radius 1 is 0.400 bits per heavy atom. The quantitative estimate of drug-likeness (QED) is 0.0614. The monoisotopic (exact) mass is 725 g/mol. The summed E-state index contributed by atoms with van der Waals surface area (Å²) < 4.78 is -0.816. The zero-order valence-corrected chi connectivity index (χ0v) is 35.1. The van der Waals surface area contributed by atoms with E-state index in [1.54, 1.807) is 11.8 Å². The summed E-state index contributed by atoms with van der Waals surface area (Å²) in [4.78, 5) is 24.0. The zero-order valence-electron chi connectivity index (χ0n) is 34.3. The first kappa shape index (κ1) is 49.3. The molecule has 1 atom stereocenters. The number of hydrogen-bond donors (Lipinski definition) is 2. The van der Waals surface area contributed by atoms with E-state index in [9.17, 15) is 19.8 Å². The molecule has 0 saturated carbocycles. The highest BCUT2D eigenvalue weighted by Gasteiger charge is 2.40. The van der Waals surface area contributed by atoms with Crippen LogP contribution in [0, 0.1) is 0 Å². The second-order valence-electron chi connectivity index (χ2n) is 16.3. The standard InChI is InChI=1S/C45H88O4S/c1-5-8-10-12-14-16-18-20-22-24-26-28-30-32-34-36-38-45(41-43(48)49,50-44(4,7-3)40-42(46)47)39-37-35-33-31-29-27-25-23-21-19-17-15-13-11-9-6-2/h5-41H2,1-4H3,(H,46,47)(H,48,49). The van der Waals surface area contributed by atoms with Crippen LogP contribution in [0.2, 0.25) is 0 Å². The van der Waals surface area contributed by atoms with E-state index < -0.39 is 16.7 Å². The normalized spacial score (nSPS) is 13.1. The van der Waals surface area contributed by atoms with Gasteiger partial charge in [0.2, 0.25) is 0 Å². The maximum absolute atomic E-state index is 12.2. The van der Waals surface area contributed by atoms with E-state index in [4.69, 9.17) is 0 Å². The molecule has 5 heteroatoms. The van der Waals surface area contributed by atoms with Crippen LogP contribution in [0.1, 0.15) is 265 Å². The number of aliphatic carboxylic acids is 2. The number of hydrogen-bond acceptors (Lipinski definition) is 3. The molecule has 0 amide bonds. The van der Waals surface area contributed by atoms with E-state index in [1.165, 1.54) is 180 Å². The van der Waals surface area contributed by atoms with E-state index in [0.717, 1.165) is 44.9 Å². The molecular formula is C45H88O4S. The molecule has 0 fully saturated rings. The average molecular weight is 725 g/mol. The number of rotatable bonds is 41. The first-order valence-electron chi connectivity index (χ1n) is 22.4. The summed E-state index contributed by atoms with van der Waals surface area (Å²) in [5, 5.41) is 19.7. The van der Waals surface area contributed by atoms with E-state index >= 15 is 0 Å². The third-order valence-electron chi connectivity index (χ3n) is 11.2. The molecule has 50 heavy (non-hydrogen) atoms. The minimum Gasteiger partial charge on any atom is -0.481 e. The number of carbonyl (C=O) groups is 2. The second kappa shape index (κ2) is 35.3. The van der Waals surface area contributed by atoms with Gasteiger partial charge in [0, 0.05) is 9.49 Å². The van der Waals surface area contributed by atoms with E-state index in [-0.39, 0.29) is 17.6 Å². The Morgan fingerprint density at radius 2 is 0.640 bits per heavy atom. The molecule has 2 N–H and O–H groups in total. The molecule has 0 heterocycles. The molecule has 0 spiro atoms. The van der Waals surface area contributed by atoms with Crippen molar-refractivity contribution < 1.29 is 19.8 Å². The third-order valence-corrected chi connectivity index (χ3v) is 13.1. The fourth-order valence-corrected chi connectivity index (χ4v) is 9.86. The van der Waals surface area contributed by atoms with Gasteiger partial charge >= 0.3 is 11.9 Å². The third kappa shape index (κ3) is 32.0. The van der Waals surface area contributed by atoms with Crippen LogP contribution in [0.3, 0.4) is 0 Å². The Labute approximate surface area is 317 Å². The van der Waals surface area contributed by atoms with Crippen molar-refractivity contribution in [1.82, 2.24) is 0 Å². The molecule has 0 bridgehead atoms. The van der Waals surface area contributed by atoms with Crippen LogP contribution < -0.4 is 0 Å². The lowest BCUT2D eigenvalue weighted by molar-refractivity contribution is -0.138. The van der Waals surface area contributed by atoms with Gasteiger partial charge in [0.15, 0.2) is 0 Å². The fraction of sp³-hybridized carbons (Fsp3) is 0.956. The average Bonchev–Trinajstić information content (AvgIpc) is 3.07. The Balaban J connectivity index is 4.49. The molecule has 0 aromatic heterocycles. The Morgan fingerprint density at radius 3 is 0.860 bits per heavy atom. The van der Waals surface area contributed by atoms with Gasteiger partial charge in [-0.05, 0) is 26.2 Å². The van der Waals surface area contributed by atoms with Gasteiger partial charge in [0.05, 0.1) is 12.8 Å². The lowest BCUT2D eigenvalue weighted by Gasteiger charge is -2.40. The molecule has 298 valence electrons. The Hall–Kier alpha value is -0.710. The first-order chi connectivity index (χ1) is 24.2. The lowest BCUT2D eigenvalue weighted by atomic mass is 9.90. The second-order valence-corrected chi connectivity index (χ2v) is 18.4. The molecule has 4 nitrogen and oxygen atoms in total. The van der Waals surface area contributed by atoms with Crippen LogP contribution in [0.25, 0.3) is 0 Å². The first-order valence-corrected chi connectivity index (χ1v) is 23.2. The van der Waals surface area contributed by atoms with Crippen LogP contribution in [0.15, 0.2) is 0 Å². The summed E-state index contributed by atoms with van der Waals surface area (Å²) >= 11 is 1.71. The summed E-state index contributed by atoms with van der Waals surface area (Å²) in [6.45, 7) is 8.67. The van der Waals surface area contributed by atoms with Crippen molar-refractivity contribution in [2.24, 2.45) is 0 Å². The molecule has 0 radical (unpaired) electrons. The van der Waals surface area contributed by atoms with Gasteiger partial charge in [-0.25, -0.2) is 0 Å². The van der Waals surface area contributed by atoms with Crippen molar-refractivity contribution in [3.63, 3.8) is 0 Å². The molecule has 1 unspecified atom stereocenters. The molecule has 0 aromatic rings. The van der Waals surface area contributed by atoms with Crippen molar-refractivity contribution in [2.45, 2.75) is 275 Å². The van der Waals surface area contributed by atoms with E-state index in [2.05, 4.69) is 20.8 Å². The summed E-state index contributed by atoms with van der Waals surface area (Å²) in [7, 11) is 0. The number of thioether (sulfide) groups is 1. The van der Waals surface area contributed by atoms with Gasteiger partial charge in [-0.1, -0.05) is 226 Å². The lowest BCUT2D eigenvalue weighted by Crippen LogP contribution is -2.36. The minimum absolute atomic E-state index is 0.0907. The molecule has 0 aliphatic rings. The highest BCUT2D eigenvalue weighted by atomic mass is 32.2. The highest BCUT2D eigenvalue weighted by Crippen LogP contribution is 2.49. The van der Waals surface area contributed by atoms with E-state index in [0.29, 0.717) is 0 Å². The fourth-order valence-electron chi connectivity index (χ4n) is 7.78. The number of carboxylic acid groups (broad SMARTS) is 2. The van der Waals surface area contributed by atoms with Crippen molar-refractivity contribution in [1.29, 1.82) is 0 Å². The van der Waals surface area contributed by atoms with Gasteiger partial charge in [0.1, 0.15) is 0 Å². The van der Waals surface area contributed by atoms with Crippen LogP contribution in [-0.4, -0.2) is 31.6 Å². The van der Waals surface area contributed by atoms with Gasteiger partial charge in [-0.3, -0.25) is 9.59 Å². The molecule has 0 aliphatic carbocycles. The van der Waals surface area contributed by atoms with Gasteiger partial charge in [-0.2, -0.15) is 0 Å². The topological polar surface area (TPSA) is 74.6 Å². The van der Waals surface area contributed by atoms with Crippen LogP contribution >= 0.6 is 11.8 Å². The maximum atomic E-state index is 12.2. The van der Waals surface area contributed by atoms with Crippen molar-refractivity contribution in [3.05, 3.63) is 0 Å². The predicted octanol–water partition coefficient (Wildman–Crippen LogP) is 15.9. The van der Waals surface area contributed by atoms with Crippen molar-refractivity contribution >= 4 is 23.7 Å². The summed E-state index contributed by atoms with van der Waals surface area (Å²) in [6, 6.07) is 0. The van der Waals surface area contributed by atoms with E-state index in [1.807, 2.05) is 6.92 Å². The number of unbranched alkanes of at least 4 members (excludes halogenated alkanes) is 30. The molecule has 0 rings (SSSR count).